The van der Waals surface area contributed by atoms with E-state index in [0.717, 1.165) is 108 Å². The molecule has 16 rings (SSSR count). The number of rotatable bonds is 29. The summed E-state index contributed by atoms with van der Waals surface area (Å²) in [6.45, 7) is 35.7. The number of aromatic hydroxyl groups is 8. The first kappa shape index (κ1) is 102. The average molecular weight is 1900 g/mol. The Morgan fingerprint density at radius 3 is 0.906 bits per heavy atom. The lowest BCUT2D eigenvalue weighted by atomic mass is 9.91. The van der Waals surface area contributed by atoms with Crippen molar-refractivity contribution in [3.63, 3.8) is 0 Å². The molecule has 4 aliphatic heterocycles. The molecule has 0 unspecified atom stereocenters. The molecule has 36 heteroatoms. The summed E-state index contributed by atoms with van der Waals surface area (Å²) in [5.41, 5.74) is 10.4. The largest absolute Gasteiger partial charge is 0.508 e. The van der Waals surface area contributed by atoms with Crippen LogP contribution in [0.4, 0.5) is 0 Å². The minimum atomic E-state index is -0.725. The minimum absolute atomic E-state index is 0.00145. The van der Waals surface area contributed by atoms with Crippen molar-refractivity contribution in [3.8, 4) is 120 Å². The number of ether oxygens (including phenoxy) is 1. The van der Waals surface area contributed by atoms with Crippen LogP contribution in [0.1, 0.15) is 227 Å². The predicted molar refractivity (Wildman–Crippen MR) is 528 cm³/mol. The van der Waals surface area contributed by atoms with Crippen molar-refractivity contribution in [2.24, 2.45) is 11.8 Å². The third kappa shape index (κ3) is 24.8. The topological polar surface area (TPSA) is 490 Å². The number of carbonyl (C=O) groups excluding carboxylic acids is 4. The van der Waals surface area contributed by atoms with Gasteiger partial charge in [0.05, 0.1) is 28.2 Å². The van der Waals surface area contributed by atoms with Crippen molar-refractivity contribution in [2.75, 3.05) is 91.6 Å². The van der Waals surface area contributed by atoms with Gasteiger partial charge in [0.2, 0.25) is 23.3 Å². The summed E-state index contributed by atoms with van der Waals surface area (Å²) < 4.78 is 12.6. The molecular weight excluding hydrogens is 1770 g/mol. The van der Waals surface area contributed by atoms with Crippen LogP contribution >= 0.6 is 0 Å². The monoisotopic (exact) mass is 1900 g/mol. The number of aliphatic carboxylic acids is 1. The van der Waals surface area contributed by atoms with E-state index in [1.165, 1.54) is 48.2 Å². The Kier molecular flexibility index (Phi) is 34.6. The van der Waals surface area contributed by atoms with Gasteiger partial charge in [-0.1, -0.05) is 91.8 Å². The van der Waals surface area contributed by atoms with Crippen molar-refractivity contribution < 1.29 is 74.7 Å². The minimum Gasteiger partial charge on any atom is -0.508 e. The van der Waals surface area contributed by atoms with Crippen molar-refractivity contribution in [3.05, 3.63) is 208 Å². The quantitative estimate of drug-likeness (QED) is 0.0207. The molecule has 0 saturated carbocycles. The molecule has 8 heterocycles. The lowest BCUT2D eigenvalue weighted by molar-refractivity contribution is -0.143. The van der Waals surface area contributed by atoms with E-state index < -0.39 is 11.9 Å². The molecule has 736 valence electrons. The van der Waals surface area contributed by atoms with Crippen LogP contribution in [0.2, 0.25) is 0 Å². The number of carbonyl (C=O) groups is 5. The highest BCUT2D eigenvalue weighted by atomic mass is 16.5. The second-order valence-corrected chi connectivity index (χ2v) is 36.4. The van der Waals surface area contributed by atoms with E-state index in [1.807, 2.05) is 168 Å². The van der Waals surface area contributed by atoms with Crippen molar-refractivity contribution in [1.82, 2.24) is 106 Å². The van der Waals surface area contributed by atoms with Crippen molar-refractivity contribution >= 4 is 29.6 Å². The number of piperidine rings is 3. The Bertz CT molecular complexity index is 5790. The molecule has 0 atom stereocenters. The molecule has 36 nitrogen and oxygen atoms in total. The second-order valence-electron chi connectivity index (χ2n) is 36.4. The zero-order valence-corrected chi connectivity index (χ0v) is 80.9. The summed E-state index contributed by atoms with van der Waals surface area (Å²) in [4.78, 5) is 67.0. The van der Waals surface area contributed by atoms with E-state index in [4.69, 9.17) is 4.74 Å². The van der Waals surface area contributed by atoms with Gasteiger partial charge in [-0.3, -0.25) is 52.0 Å². The smallest absolute Gasteiger partial charge is 0.306 e. The number of phenols is 8. The van der Waals surface area contributed by atoms with E-state index in [9.17, 15) is 69.9 Å². The lowest BCUT2D eigenvalue weighted by Gasteiger charge is -2.30. The molecule has 0 aliphatic carbocycles. The fraction of sp³-hybridized carbons (Fsp3) is 0.408. The normalized spacial score (nSPS) is 14.5. The van der Waals surface area contributed by atoms with Gasteiger partial charge in [0.15, 0.2) is 23.3 Å². The van der Waals surface area contributed by atoms with Crippen molar-refractivity contribution in [1.29, 1.82) is 0 Å². The molecule has 4 saturated heterocycles. The summed E-state index contributed by atoms with van der Waals surface area (Å²) >= 11 is 0. The van der Waals surface area contributed by atoms with E-state index in [2.05, 4.69) is 99.9 Å². The maximum Gasteiger partial charge on any atom is 0.306 e. The van der Waals surface area contributed by atoms with Crippen LogP contribution in [-0.2, 0) is 24.3 Å². The van der Waals surface area contributed by atoms with Gasteiger partial charge in [0, 0.05) is 112 Å². The average Bonchev–Trinajstić information content (AvgIpc) is 1.65. The number of likely N-dealkylation sites (tertiary alicyclic amines) is 1. The van der Waals surface area contributed by atoms with Gasteiger partial charge in [-0.15, -0.1) is 40.8 Å². The molecule has 8 aromatic carbocycles. The van der Waals surface area contributed by atoms with E-state index in [0.29, 0.717) is 131 Å². The summed E-state index contributed by atoms with van der Waals surface area (Å²) in [6.07, 6.45) is 6.74. The maximum atomic E-state index is 12.8. The highest BCUT2D eigenvalue weighted by Crippen LogP contribution is 2.44. The Labute approximate surface area is 808 Å². The number of hydrogen-bond donors (Lipinski definition) is 16. The molecular formula is C103H129N21O15. The summed E-state index contributed by atoms with van der Waals surface area (Å²) in [5.74, 6) is 0.201. The molecule has 12 aromatic rings. The molecule has 0 spiro atoms. The zero-order chi connectivity index (χ0) is 99.4. The number of benzene rings is 8. The van der Waals surface area contributed by atoms with Crippen LogP contribution in [0.25, 0.3) is 68.3 Å². The lowest BCUT2D eigenvalue weighted by Crippen LogP contribution is -2.42. The van der Waals surface area contributed by atoms with Crippen LogP contribution < -0.4 is 42.0 Å². The highest BCUT2D eigenvalue weighted by molar-refractivity contribution is 5.95. The van der Waals surface area contributed by atoms with Crippen molar-refractivity contribution in [2.45, 2.75) is 171 Å². The van der Waals surface area contributed by atoms with Crippen LogP contribution in [0.15, 0.2) is 146 Å². The number of carboxylic acids is 1. The van der Waals surface area contributed by atoms with Gasteiger partial charge >= 0.3 is 5.97 Å². The summed E-state index contributed by atoms with van der Waals surface area (Å²) in [5, 5.41) is 148. The van der Waals surface area contributed by atoms with Gasteiger partial charge in [-0.25, -0.2) is 0 Å². The molecule has 16 N–H and O–H groups in total. The molecule has 139 heavy (non-hydrogen) atoms. The van der Waals surface area contributed by atoms with Crippen LogP contribution in [0.3, 0.4) is 0 Å². The highest BCUT2D eigenvalue weighted by Gasteiger charge is 2.33. The number of carboxylic acid groups (broad SMARTS) is 1. The predicted octanol–water partition coefficient (Wildman–Crippen LogP) is 13.2. The number of aromatic nitrogens is 12. The molecule has 0 radical (unpaired) electrons. The Balaban J connectivity index is 0.000000156. The third-order valence-corrected chi connectivity index (χ3v) is 25.1. The first-order chi connectivity index (χ1) is 66.8. The number of piperazine rings is 1. The Hall–Kier alpha value is -14.3. The van der Waals surface area contributed by atoms with E-state index in [-0.39, 0.29) is 129 Å². The number of nitrogens with zero attached hydrogens (tertiary/aromatic N) is 14. The molecule has 4 fully saturated rings. The Morgan fingerprint density at radius 1 is 0.345 bits per heavy atom. The first-order valence-corrected chi connectivity index (χ1v) is 47.9. The van der Waals surface area contributed by atoms with E-state index >= 15 is 0 Å². The molecule has 4 amide bonds. The Morgan fingerprint density at radius 2 is 0.619 bits per heavy atom. The van der Waals surface area contributed by atoms with E-state index in [1.54, 1.807) is 42.5 Å². The maximum absolute atomic E-state index is 12.8. The van der Waals surface area contributed by atoms with Crippen LogP contribution in [-0.4, -0.2) is 242 Å². The summed E-state index contributed by atoms with van der Waals surface area (Å²) in [6, 6.07) is 43.1. The number of amides is 4. The van der Waals surface area contributed by atoms with Gasteiger partial charge in [0.1, 0.15) is 57.8 Å². The number of phenolic OH excluding ortho intramolecular Hbond substituents is 8. The van der Waals surface area contributed by atoms with Gasteiger partial charge in [0.25, 0.3) is 23.6 Å². The van der Waals surface area contributed by atoms with Gasteiger partial charge in [-0.2, -0.15) is 0 Å². The van der Waals surface area contributed by atoms with Crippen LogP contribution in [0, 0.1) is 11.8 Å². The summed E-state index contributed by atoms with van der Waals surface area (Å²) in [7, 11) is 0. The van der Waals surface area contributed by atoms with Gasteiger partial charge in [-0.05, 0) is 265 Å². The SMILES string of the molecule is CCNC(=O)c1nnc(-c2cc(C(C)C)c(O)cc2O)n1-c1ccc(CC2CCNCC2)cc1.CCNC(=O)c1nnc(-c2cc(C(C)C)c(O)cc2O)n1-c1ccc(CN2CCC(C(=O)O)CC2)cc1.CCNC(=O)c1nnc(-c2cc(C(C)C)c(O)cc2O)n1-c1ccc(CN2CCNCC2)cc1.CCNC(=O)c1nnc(-c2cc(C(C)C)c(O)cc2O)n1-c1ccc(OC2CCNCC2)cc1. The van der Waals surface area contributed by atoms with Crippen LogP contribution in [0.5, 0.6) is 51.7 Å². The molecule has 4 aliphatic rings. The fourth-order valence-corrected chi connectivity index (χ4v) is 17.5. The number of hydrogen-bond acceptors (Lipinski definition) is 27. The second kappa shape index (κ2) is 47.1. The standard InChI is InChI=1S/C27H33N5O5.C26H33N5O3.C25H32N6O3.C25H31N5O4/c1-4-28-26(35)25-30-29-24(21-13-20(16(2)3)22(33)14-23(21)34)32(25)19-7-5-17(6-8-19)15-31-11-9-18(10-12-31)27(36)37;1-4-28-26(34)25-30-29-24(21-14-20(16(2)3)22(32)15-23(21)33)31(25)19-7-5-17(6-8-19)13-18-9-11-27-12-10-18;1-4-27-25(34)24-29-28-23(20-13-19(16(2)3)21(32)14-22(20)33)31(24)18-7-5-17(6-8-18)15-30-11-9-26-10-12-30;1-4-27-25(33)24-29-28-23(20-13-19(15(2)3)21(31)14-22(20)32)30(24)16-5-7-17(8-6-16)34-18-9-11-26-12-10-18/h5-8,13-14,16,18,33-34H,4,9-12,15H2,1-3H3,(H,28,35)(H,36,37);5-8,14-16,18,27,32-33H,4,9-13H2,1-3H3,(H,28,34);5-8,13-14,16,26,32-33H,4,9-12,15H2,1-3H3,(H,27,34);5-8,13-15,18,26,31-32H,4,9-12H2,1-3H3,(H,27,33). The number of nitrogens with one attached hydrogen (secondary N) is 7. The first-order valence-electron chi connectivity index (χ1n) is 47.9. The fourth-order valence-electron chi connectivity index (χ4n) is 17.5. The molecule has 0 bridgehead atoms. The molecule has 4 aromatic heterocycles. The zero-order valence-electron chi connectivity index (χ0n) is 80.9. The van der Waals surface area contributed by atoms with Gasteiger partial charge < -0.3 is 87.9 Å². The third-order valence-electron chi connectivity index (χ3n) is 25.1.